The van der Waals surface area contributed by atoms with Crippen molar-refractivity contribution in [1.29, 1.82) is 0 Å². The van der Waals surface area contributed by atoms with Crippen molar-refractivity contribution >= 4 is 16.9 Å². The number of aromatic nitrogens is 1. The van der Waals surface area contributed by atoms with Gasteiger partial charge in [0.15, 0.2) is 0 Å². The van der Waals surface area contributed by atoms with Gasteiger partial charge in [0.1, 0.15) is 11.5 Å². The highest BCUT2D eigenvalue weighted by atomic mass is 32.2. The van der Waals surface area contributed by atoms with Crippen LogP contribution in [0, 0.1) is 5.82 Å². The lowest BCUT2D eigenvalue weighted by atomic mass is 9.85. The van der Waals surface area contributed by atoms with Crippen molar-refractivity contribution in [2.45, 2.75) is 58.3 Å². The third-order valence-corrected chi connectivity index (χ3v) is 6.71. The maximum absolute atomic E-state index is 14.5. The lowest BCUT2D eigenvalue weighted by Gasteiger charge is -2.21. The molecule has 3 rings (SSSR count). The molecule has 0 fully saturated rings. The van der Waals surface area contributed by atoms with Crippen molar-refractivity contribution in [1.82, 2.24) is 15.0 Å². The summed E-state index contributed by atoms with van der Waals surface area (Å²) in [6, 6.07) is 13.8. The van der Waals surface area contributed by atoms with E-state index >= 15 is 0 Å². The van der Waals surface area contributed by atoms with Gasteiger partial charge in [-0.15, -0.1) is 0 Å². The Labute approximate surface area is 222 Å². The number of rotatable bonds is 8. The molecule has 5 nitrogen and oxygen atoms in total. The number of carbonyl (C=O) groups is 1. The number of hydrogen-bond donors (Lipinski definition) is 2. The zero-order valence-electron chi connectivity index (χ0n) is 21.9. The van der Waals surface area contributed by atoms with Crippen LogP contribution in [-0.4, -0.2) is 21.4 Å². The number of carbonyl (C=O) groups excluding carboxylic acids is 1. The number of pyridine rings is 1. The van der Waals surface area contributed by atoms with Crippen molar-refractivity contribution in [3.05, 3.63) is 88.4 Å². The summed E-state index contributed by atoms with van der Waals surface area (Å²) in [5, 5.41) is 2.75. The third kappa shape index (κ3) is 7.48. The van der Waals surface area contributed by atoms with Crippen LogP contribution in [0.25, 0.3) is 11.3 Å². The number of hydrogen-bond acceptors (Lipinski definition) is 3. The molecule has 0 aliphatic rings. The molecule has 3 aromatic rings. The predicted molar refractivity (Wildman–Crippen MR) is 141 cm³/mol. The maximum Gasteiger partial charge on any atom is 0.433 e. The van der Waals surface area contributed by atoms with Crippen LogP contribution in [0.4, 0.5) is 17.6 Å². The van der Waals surface area contributed by atoms with Gasteiger partial charge in [0.05, 0.1) is 22.6 Å². The van der Waals surface area contributed by atoms with Gasteiger partial charge < -0.3 is 5.32 Å². The Morgan fingerprint density at radius 1 is 1.00 bits per heavy atom. The lowest BCUT2D eigenvalue weighted by molar-refractivity contribution is -0.141. The first-order chi connectivity index (χ1) is 17.7. The first kappa shape index (κ1) is 29.4. The highest BCUT2D eigenvalue weighted by Gasteiger charge is 2.33. The second kappa shape index (κ2) is 11.7. The summed E-state index contributed by atoms with van der Waals surface area (Å²) in [5.74, 6) is -1.67. The number of alkyl halides is 3. The van der Waals surface area contributed by atoms with E-state index in [1.807, 2.05) is 32.9 Å². The van der Waals surface area contributed by atoms with E-state index in [2.05, 4.69) is 15.0 Å². The van der Waals surface area contributed by atoms with Gasteiger partial charge in [0.2, 0.25) is 5.91 Å². The van der Waals surface area contributed by atoms with E-state index in [-0.39, 0.29) is 24.2 Å². The van der Waals surface area contributed by atoms with E-state index < -0.39 is 40.5 Å². The van der Waals surface area contributed by atoms with Gasteiger partial charge in [-0.25, -0.2) is 18.3 Å². The molecule has 0 radical (unpaired) electrons. The van der Waals surface area contributed by atoms with Crippen LogP contribution in [0.1, 0.15) is 61.6 Å². The summed E-state index contributed by atoms with van der Waals surface area (Å²) in [4.78, 5) is 16.8. The monoisotopic (exact) mass is 549 g/mol. The summed E-state index contributed by atoms with van der Waals surface area (Å²) >= 11 is 0. The van der Waals surface area contributed by atoms with Gasteiger partial charge in [-0.05, 0) is 47.2 Å². The second-order valence-electron chi connectivity index (χ2n) is 10.1. The average molecular weight is 550 g/mol. The second-order valence-corrected chi connectivity index (χ2v) is 11.3. The molecular formula is C28H31F4N3O2S. The Kier molecular flexibility index (Phi) is 9.09. The van der Waals surface area contributed by atoms with Crippen molar-refractivity contribution in [3.8, 4) is 11.3 Å². The highest BCUT2D eigenvalue weighted by Crippen LogP contribution is 2.33. The molecule has 2 aromatic carbocycles. The molecule has 0 spiro atoms. The lowest BCUT2D eigenvalue weighted by Crippen LogP contribution is -2.28. The van der Waals surface area contributed by atoms with Crippen LogP contribution in [0.2, 0.25) is 0 Å². The van der Waals surface area contributed by atoms with Gasteiger partial charge in [0.25, 0.3) is 0 Å². The van der Waals surface area contributed by atoms with Crippen molar-refractivity contribution in [2.75, 3.05) is 6.26 Å². The molecule has 204 valence electrons. The Morgan fingerprint density at radius 2 is 1.68 bits per heavy atom. The number of nitrogens with one attached hydrogen (secondary N) is 2. The molecule has 1 amide bonds. The molecule has 38 heavy (non-hydrogen) atoms. The van der Waals surface area contributed by atoms with Crippen LogP contribution < -0.4 is 10.0 Å². The summed E-state index contributed by atoms with van der Waals surface area (Å²) < 4.78 is 68.7. The Hall–Kier alpha value is -3.11. The van der Waals surface area contributed by atoms with Crippen LogP contribution in [0.5, 0.6) is 0 Å². The van der Waals surface area contributed by atoms with Crippen LogP contribution in [0.3, 0.4) is 0 Å². The zero-order valence-corrected chi connectivity index (χ0v) is 22.7. The first-order valence-corrected chi connectivity index (χ1v) is 13.5. The minimum atomic E-state index is -4.62. The van der Waals surface area contributed by atoms with E-state index in [0.717, 1.165) is 11.6 Å². The van der Waals surface area contributed by atoms with Gasteiger partial charge in [-0.2, -0.15) is 13.2 Å². The molecule has 0 aliphatic heterocycles. The fourth-order valence-corrected chi connectivity index (χ4v) is 4.17. The summed E-state index contributed by atoms with van der Waals surface area (Å²) in [7, 11) is -1.29. The summed E-state index contributed by atoms with van der Waals surface area (Å²) in [6.45, 7) is 7.65. The minimum Gasteiger partial charge on any atom is -0.351 e. The molecule has 0 bridgehead atoms. The quantitative estimate of drug-likeness (QED) is 0.338. The smallest absolute Gasteiger partial charge is 0.351 e. The van der Waals surface area contributed by atoms with Crippen LogP contribution >= 0.6 is 0 Å². The van der Waals surface area contributed by atoms with E-state index in [1.165, 1.54) is 24.5 Å². The van der Waals surface area contributed by atoms with Gasteiger partial charge >= 0.3 is 6.18 Å². The van der Waals surface area contributed by atoms with Gasteiger partial charge in [-0.1, -0.05) is 57.2 Å². The van der Waals surface area contributed by atoms with Crippen molar-refractivity contribution in [2.24, 2.45) is 0 Å². The van der Waals surface area contributed by atoms with Crippen molar-refractivity contribution in [3.63, 3.8) is 0 Å². The van der Waals surface area contributed by atoms with Gasteiger partial charge in [-0.3, -0.25) is 4.79 Å². The summed E-state index contributed by atoms with van der Waals surface area (Å²) in [5.41, 5.74) is 1.51. The number of nitrogens with zero attached hydrogens (tertiary/aromatic N) is 1. The van der Waals surface area contributed by atoms with E-state index in [0.29, 0.717) is 22.3 Å². The topological polar surface area (TPSA) is 71.1 Å². The fourth-order valence-electron chi connectivity index (χ4n) is 3.81. The normalized spacial score (nSPS) is 13.7. The fraction of sp³-hybridized carbons (Fsp3) is 0.357. The highest BCUT2D eigenvalue weighted by molar-refractivity contribution is 7.82. The number of halogens is 4. The van der Waals surface area contributed by atoms with Gasteiger partial charge in [0, 0.05) is 30.5 Å². The maximum atomic E-state index is 14.5. The largest absolute Gasteiger partial charge is 0.433 e. The Bertz CT molecular complexity index is 1340. The molecular weight excluding hydrogens is 518 g/mol. The predicted octanol–water partition coefficient (Wildman–Crippen LogP) is 6.01. The number of amides is 1. The molecule has 1 aromatic heterocycles. The Morgan fingerprint density at radius 3 is 2.29 bits per heavy atom. The Balaban J connectivity index is 1.85. The van der Waals surface area contributed by atoms with Crippen molar-refractivity contribution < 1.29 is 26.6 Å². The van der Waals surface area contributed by atoms with E-state index in [9.17, 15) is 26.6 Å². The third-order valence-electron chi connectivity index (χ3n) is 6.16. The van der Waals surface area contributed by atoms with E-state index in [4.69, 9.17) is 0 Å². The molecule has 0 aliphatic carbocycles. The molecule has 0 saturated heterocycles. The summed E-state index contributed by atoms with van der Waals surface area (Å²) in [6.07, 6.45) is -3.18. The number of benzene rings is 2. The zero-order chi connectivity index (χ0) is 28.3. The minimum absolute atomic E-state index is 0.0593. The molecule has 2 atom stereocenters. The first-order valence-electron chi connectivity index (χ1n) is 12.0. The molecule has 1 heterocycles. The molecule has 2 N–H and O–H groups in total. The average Bonchev–Trinajstić information content (AvgIpc) is 2.84. The van der Waals surface area contributed by atoms with Crippen LogP contribution in [-0.2, 0) is 40.5 Å². The molecule has 10 heteroatoms. The SMILES string of the molecule is CC(C(=O)NCc1ccc(C(F)(F)F)nc1-c1cccc(C(C)(C)C)c1)c1ccc(CNS(C)=O)c(F)c1. The van der Waals surface area contributed by atoms with E-state index in [1.54, 1.807) is 25.1 Å². The molecule has 0 saturated carbocycles. The standard InChI is InChI=1S/C28H31F4N3O2S/c1-17(18-9-10-20(23(29)14-18)16-34-38(5)37)26(36)33-15-21-11-12-24(28(30,31)32)35-25(21)19-7-6-8-22(13-19)27(2,3)4/h6-14,17,34H,15-16H2,1-5H3,(H,33,36). The molecule has 2 unspecified atom stereocenters. The van der Waals surface area contributed by atoms with Crippen LogP contribution in [0.15, 0.2) is 54.6 Å².